The Kier molecular flexibility index (Phi) is 4.86. The van der Waals surface area contributed by atoms with Gasteiger partial charge in [0.05, 0.1) is 11.6 Å². The van der Waals surface area contributed by atoms with Crippen LogP contribution in [0.25, 0.3) is 21.9 Å². The molecule has 0 atom stereocenters. The van der Waals surface area contributed by atoms with Gasteiger partial charge in [-0.2, -0.15) is 5.26 Å². The Labute approximate surface area is 144 Å². The summed E-state index contributed by atoms with van der Waals surface area (Å²) < 4.78 is 0. The first kappa shape index (κ1) is 16.4. The summed E-state index contributed by atoms with van der Waals surface area (Å²) >= 11 is 0. The molecule has 0 spiro atoms. The largest absolute Gasteiger partial charge is 0.481 e. The maximum atomic E-state index is 10.6. The van der Waals surface area contributed by atoms with Crippen molar-refractivity contribution in [3.63, 3.8) is 0 Å². The molecule has 0 bridgehead atoms. The lowest BCUT2D eigenvalue weighted by atomic mass is 9.98. The highest BCUT2D eigenvalue weighted by molar-refractivity contribution is 6.04. The first-order valence-corrected chi connectivity index (χ1v) is 7.88. The molecule has 0 saturated heterocycles. The van der Waals surface area contributed by atoms with Crippen molar-refractivity contribution in [2.45, 2.75) is 12.8 Å². The van der Waals surface area contributed by atoms with Gasteiger partial charge in [0, 0.05) is 48.1 Å². The predicted molar refractivity (Wildman–Crippen MR) is 95.0 cm³/mol. The summed E-state index contributed by atoms with van der Waals surface area (Å²) in [7, 11) is 0. The van der Waals surface area contributed by atoms with Crippen molar-refractivity contribution >= 4 is 22.6 Å². The maximum Gasteiger partial charge on any atom is 0.303 e. The molecule has 1 aromatic carbocycles. The van der Waals surface area contributed by atoms with Crippen molar-refractivity contribution in [1.82, 2.24) is 9.97 Å². The first-order valence-electron chi connectivity index (χ1n) is 7.88. The summed E-state index contributed by atoms with van der Waals surface area (Å²) in [6, 6.07) is 11.5. The van der Waals surface area contributed by atoms with Crippen molar-refractivity contribution in [3.05, 3.63) is 54.5 Å². The second-order valence-electron chi connectivity index (χ2n) is 5.53. The summed E-state index contributed by atoms with van der Waals surface area (Å²) in [4.78, 5) is 19.2. The van der Waals surface area contributed by atoms with Crippen LogP contribution in [0.3, 0.4) is 0 Å². The Morgan fingerprint density at radius 1 is 1.24 bits per heavy atom. The third kappa shape index (κ3) is 3.56. The molecule has 6 nitrogen and oxygen atoms in total. The summed E-state index contributed by atoms with van der Waals surface area (Å²) in [6.07, 6.45) is 5.79. The van der Waals surface area contributed by atoms with Gasteiger partial charge in [-0.15, -0.1) is 0 Å². The van der Waals surface area contributed by atoms with Crippen molar-refractivity contribution < 1.29 is 9.90 Å². The number of carboxylic acids is 1. The molecular formula is C19H16N4O2. The number of hydrogen-bond acceptors (Lipinski definition) is 5. The Balaban J connectivity index is 2.05. The number of pyridine rings is 2. The Hall–Kier alpha value is -3.46. The van der Waals surface area contributed by atoms with E-state index in [1.165, 1.54) is 0 Å². The van der Waals surface area contributed by atoms with Gasteiger partial charge >= 0.3 is 5.97 Å². The number of carboxylic acid groups (broad SMARTS) is 1. The van der Waals surface area contributed by atoms with E-state index in [0.717, 1.165) is 21.9 Å². The van der Waals surface area contributed by atoms with Gasteiger partial charge in [-0.3, -0.25) is 9.78 Å². The fourth-order valence-corrected chi connectivity index (χ4v) is 2.72. The average Bonchev–Trinajstić information content (AvgIpc) is 2.65. The first-order chi connectivity index (χ1) is 12.2. The van der Waals surface area contributed by atoms with Crippen LogP contribution in [0.5, 0.6) is 0 Å². The average molecular weight is 332 g/mol. The van der Waals surface area contributed by atoms with Crippen molar-refractivity contribution in [2.24, 2.45) is 0 Å². The van der Waals surface area contributed by atoms with Gasteiger partial charge < -0.3 is 10.4 Å². The normalized spacial score (nSPS) is 10.4. The van der Waals surface area contributed by atoms with Crippen LogP contribution in [-0.4, -0.2) is 27.6 Å². The van der Waals surface area contributed by atoms with Crippen molar-refractivity contribution in [2.75, 3.05) is 11.9 Å². The number of hydrogen-bond donors (Lipinski definition) is 2. The standard InChI is InChI=1S/C19H16N4O2/c20-10-13-4-1-6-15-16(14-5-2-8-21-11-14)12-23-19(18(13)15)22-9-3-7-17(24)25/h1-2,4-6,8,11-12H,3,7,9H2,(H,22,23)(H,24,25). The number of aliphatic carboxylic acids is 1. The van der Waals surface area contributed by atoms with Crippen LogP contribution >= 0.6 is 0 Å². The predicted octanol–water partition coefficient (Wildman–Crippen LogP) is 3.45. The Morgan fingerprint density at radius 3 is 2.84 bits per heavy atom. The minimum absolute atomic E-state index is 0.0871. The van der Waals surface area contributed by atoms with Crippen LogP contribution < -0.4 is 5.32 Å². The third-order valence-corrected chi connectivity index (χ3v) is 3.87. The lowest BCUT2D eigenvalue weighted by molar-refractivity contribution is -0.137. The van der Waals surface area contributed by atoms with E-state index in [1.54, 1.807) is 24.7 Å². The number of nitrogens with one attached hydrogen (secondary N) is 1. The topological polar surface area (TPSA) is 98.9 Å². The summed E-state index contributed by atoms with van der Waals surface area (Å²) in [5.41, 5.74) is 2.35. The molecule has 2 heterocycles. The maximum absolute atomic E-state index is 10.6. The number of anilines is 1. The van der Waals surface area contributed by atoms with Gasteiger partial charge in [-0.1, -0.05) is 18.2 Å². The number of fused-ring (bicyclic) bond motifs is 1. The number of benzene rings is 1. The Morgan fingerprint density at radius 2 is 2.12 bits per heavy atom. The molecule has 0 saturated carbocycles. The molecule has 0 fully saturated rings. The molecule has 25 heavy (non-hydrogen) atoms. The molecule has 6 heteroatoms. The Bertz CT molecular complexity index is 949. The van der Waals surface area contributed by atoms with Crippen molar-refractivity contribution in [1.29, 1.82) is 5.26 Å². The van der Waals surface area contributed by atoms with E-state index in [2.05, 4.69) is 21.4 Å². The van der Waals surface area contributed by atoms with Crippen LogP contribution in [0.1, 0.15) is 18.4 Å². The zero-order chi connectivity index (χ0) is 17.6. The molecule has 3 aromatic rings. The van der Waals surface area contributed by atoms with Gasteiger partial charge in [0.1, 0.15) is 5.82 Å². The van der Waals surface area contributed by atoms with Crippen LogP contribution in [0.15, 0.2) is 48.9 Å². The quantitative estimate of drug-likeness (QED) is 0.671. The van der Waals surface area contributed by atoms with Crippen LogP contribution in [0.2, 0.25) is 0 Å². The fourth-order valence-electron chi connectivity index (χ4n) is 2.72. The van der Waals surface area contributed by atoms with E-state index >= 15 is 0 Å². The van der Waals surface area contributed by atoms with E-state index in [-0.39, 0.29) is 6.42 Å². The van der Waals surface area contributed by atoms with Crippen LogP contribution in [0, 0.1) is 11.3 Å². The van der Waals surface area contributed by atoms with Gasteiger partial charge in [0.2, 0.25) is 0 Å². The monoisotopic (exact) mass is 332 g/mol. The molecule has 0 aliphatic rings. The number of nitrogens with zero attached hydrogens (tertiary/aromatic N) is 3. The van der Waals surface area contributed by atoms with E-state index in [0.29, 0.717) is 24.3 Å². The molecule has 0 aliphatic heterocycles. The minimum Gasteiger partial charge on any atom is -0.481 e. The molecule has 124 valence electrons. The summed E-state index contributed by atoms with van der Waals surface area (Å²) in [5, 5.41) is 23.0. The van der Waals surface area contributed by atoms with Gasteiger partial charge in [-0.25, -0.2) is 4.98 Å². The van der Waals surface area contributed by atoms with E-state index in [4.69, 9.17) is 5.11 Å². The highest BCUT2D eigenvalue weighted by Crippen LogP contribution is 2.33. The number of aromatic nitrogens is 2. The molecule has 0 amide bonds. The molecule has 3 rings (SSSR count). The highest BCUT2D eigenvalue weighted by atomic mass is 16.4. The highest BCUT2D eigenvalue weighted by Gasteiger charge is 2.13. The molecule has 0 unspecified atom stereocenters. The molecule has 2 aromatic heterocycles. The zero-order valence-electron chi connectivity index (χ0n) is 13.4. The van der Waals surface area contributed by atoms with Gasteiger partial charge in [0.25, 0.3) is 0 Å². The summed E-state index contributed by atoms with van der Waals surface area (Å²) in [5.74, 6) is -0.241. The van der Waals surface area contributed by atoms with E-state index < -0.39 is 5.97 Å². The second-order valence-corrected chi connectivity index (χ2v) is 5.53. The van der Waals surface area contributed by atoms with Crippen molar-refractivity contribution in [3.8, 4) is 17.2 Å². The van der Waals surface area contributed by atoms with Crippen LogP contribution in [-0.2, 0) is 4.79 Å². The SMILES string of the molecule is N#Cc1cccc2c(-c3cccnc3)cnc(NCCCC(=O)O)c12. The molecule has 0 aliphatic carbocycles. The molecule has 0 radical (unpaired) electrons. The zero-order valence-corrected chi connectivity index (χ0v) is 13.4. The molecular weight excluding hydrogens is 316 g/mol. The number of nitriles is 1. The van der Waals surface area contributed by atoms with E-state index in [9.17, 15) is 10.1 Å². The minimum atomic E-state index is -0.829. The van der Waals surface area contributed by atoms with Gasteiger partial charge in [0.15, 0.2) is 0 Å². The van der Waals surface area contributed by atoms with Crippen LogP contribution in [0.4, 0.5) is 5.82 Å². The fraction of sp³-hybridized carbons (Fsp3) is 0.158. The molecule has 2 N–H and O–H groups in total. The smallest absolute Gasteiger partial charge is 0.303 e. The number of carbonyl (C=O) groups is 1. The lowest BCUT2D eigenvalue weighted by Crippen LogP contribution is -2.07. The second kappa shape index (κ2) is 7.41. The van der Waals surface area contributed by atoms with E-state index in [1.807, 2.05) is 24.3 Å². The van der Waals surface area contributed by atoms with Gasteiger partial charge in [-0.05, 0) is 23.9 Å². The summed E-state index contributed by atoms with van der Waals surface area (Å²) in [6.45, 7) is 0.473. The number of rotatable bonds is 6. The lowest BCUT2D eigenvalue weighted by Gasteiger charge is -2.13. The third-order valence-electron chi connectivity index (χ3n) is 3.87.